The number of likely N-dealkylation sites (tertiary alicyclic amines) is 1. The van der Waals surface area contributed by atoms with Gasteiger partial charge in [-0.1, -0.05) is 11.6 Å². The molecule has 0 spiro atoms. The van der Waals surface area contributed by atoms with Crippen molar-refractivity contribution < 1.29 is 4.79 Å². The topological polar surface area (TPSA) is 58.1 Å². The molecule has 2 aromatic heterocycles. The van der Waals surface area contributed by atoms with Crippen molar-refractivity contribution in [3.8, 4) is 0 Å². The van der Waals surface area contributed by atoms with Gasteiger partial charge in [0.05, 0.1) is 11.3 Å². The molecule has 1 aliphatic heterocycles. The van der Waals surface area contributed by atoms with E-state index in [1.807, 2.05) is 48.2 Å². The largest absolute Gasteiger partial charge is 0.354 e. The van der Waals surface area contributed by atoms with Crippen molar-refractivity contribution in [2.75, 3.05) is 18.4 Å². The van der Waals surface area contributed by atoms with E-state index >= 15 is 0 Å². The third-order valence-electron chi connectivity index (χ3n) is 4.61. The number of aryl methyl sites for hydroxylation is 1. The first-order chi connectivity index (χ1) is 12.6. The van der Waals surface area contributed by atoms with Gasteiger partial charge in [0.15, 0.2) is 5.65 Å². The molecule has 1 N–H and O–H groups in total. The molecule has 6 heteroatoms. The van der Waals surface area contributed by atoms with Gasteiger partial charge in [0.2, 0.25) is 0 Å². The van der Waals surface area contributed by atoms with Crippen molar-refractivity contribution in [1.82, 2.24) is 14.9 Å². The summed E-state index contributed by atoms with van der Waals surface area (Å²) in [5.41, 5.74) is 3.68. The van der Waals surface area contributed by atoms with Gasteiger partial charge >= 0.3 is 0 Å². The Morgan fingerprint density at radius 2 is 1.85 bits per heavy atom. The molecule has 0 aliphatic carbocycles. The second-order valence-electron chi connectivity index (χ2n) is 6.50. The second kappa shape index (κ2) is 6.92. The monoisotopic (exact) mass is 366 g/mol. The number of carbonyl (C=O) groups is 1. The highest BCUT2D eigenvalue weighted by molar-refractivity contribution is 6.30. The maximum absolute atomic E-state index is 13.0. The zero-order valence-electron chi connectivity index (χ0n) is 14.5. The van der Waals surface area contributed by atoms with E-state index in [1.165, 1.54) is 0 Å². The molecule has 0 unspecified atom stereocenters. The van der Waals surface area contributed by atoms with Gasteiger partial charge in [-0.3, -0.25) is 4.79 Å². The molecule has 1 aromatic carbocycles. The Morgan fingerprint density at radius 1 is 1.12 bits per heavy atom. The molecule has 0 bridgehead atoms. The Balaban J connectivity index is 1.83. The van der Waals surface area contributed by atoms with Crippen LogP contribution in [0.3, 0.4) is 0 Å². The van der Waals surface area contributed by atoms with Crippen LogP contribution in [0, 0.1) is 6.92 Å². The third kappa shape index (κ3) is 3.22. The number of benzene rings is 1. The Morgan fingerprint density at radius 3 is 2.58 bits per heavy atom. The molecule has 132 valence electrons. The number of hydrogen-bond acceptors (Lipinski definition) is 4. The second-order valence-corrected chi connectivity index (χ2v) is 6.94. The van der Waals surface area contributed by atoms with Crippen LogP contribution >= 0.6 is 11.6 Å². The van der Waals surface area contributed by atoms with Gasteiger partial charge in [0.25, 0.3) is 5.91 Å². The summed E-state index contributed by atoms with van der Waals surface area (Å²) in [7, 11) is 0. The third-order valence-corrected chi connectivity index (χ3v) is 4.86. The molecule has 5 nitrogen and oxygen atoms in total. The van der Waals surface area contributed by atoms with Crippen molar-refractivity contribution in [2.24, 2.45) is 0 Å². The number of carbonyl (C=O) groups excluding carboxylic acids is 1. The number of fused-ring (bicyclic) bond motifs is 1. The van der Waals surface area contributed by atoms with Crippen LogP contribution in [0.4, 0.5) is 11.4 Å². The predicted octanol–water partition coefficient (Wildman–Crippen LogP) is 4.57. The lowest BCUT2D eigenvalue weighted by atomic mass is 10.1. The van der Waals surface area contributed by atoms with Crippen molar-refractivity contribution in [3.63, 3.8) is 0 Å². The minimum Gasteiger partial charge on any atom is -0.354 e. The molecule has 26 heavy (non-hydrogen) atoms. The number of aromatic nitrogens is 2. The van der Waals surface area contributed by atoms with E-state index in [1.54, 1.807) is 6.20 Å². The molecule has 0 radical (unpaired) electrons. The summed E-state index contributed by atoms with van der Waals surface area (Å²) in [6.07, 6.45) is 3.73. The normalized spacial score (nSPS) is 14.0. The molecule has 1 amide bonds. The number of rotatable bonds is 3. The van der Waals surface area contributed by atoms with Crippen LogP contribution in [-0.4, -0.2) is 33.9 Å². The first-order valence-electron chi connectivity index (χ1n) is 8.70. The smallest absolute Gasteiger partial charge is 0.257 e. The van der Waals surface area contributed by atoms with Crippen LogP contribution in [0.2, 0.25) is 5.02 Å². The molecule has 1 saturated heterocycles. The molecule has 1 fully saturated rings. The van der Waals surface area contributed by atoms with E-state index in [9.17, 15) is 4.79 Å². The summed E-state index contributed by atoms with van der Waals surface area (Å²) in [5, 5.41) is 4.88. The van der Waals surface area contributed by atoms with Crippen LogP contribution < -0.4 is 5.32 Å². The van der Waals surface area contributed by atoms with Crippen molar-refractivity contribution in [3.05, 3.63) is 58.9 Å². The summed E-state index contributed by atoms with van der Waals surface area (Å²) in [4.78, 5) is 23.8. The number of pyridine rings is 2. The van der Waals surface area contributed by atoms with Gasteiger partial charge in [-0.15, -0.1) is 0 Å². The Labute approximate surface area is 157 Å². The van der Waals surface area contributed by atoms with Crippen LogP contribution in [0.1, 0.15) is 28.9 Å². The van der Waals surface area contributed by atoms with Gasteiger partial charge in [-0.25, -0.2) is 9.97 Å². The molecule has 0 atom stereocenters. The van der Waals surface area contributed by atoms with E-state index in [2.05, 4.69) is 15.3 Å². The van der Waals surface area contributed by atoms with E-state index in [0.717, 1.165) is 48.4 Å². The standard InChI is InChI=1S/C20H19ClN4O/c1-13-4-9-16-18(24-15-7-5-14(21)6-8-15)17(12-22-19(16)23-13)20(26)25-10-2-3-11-25/h4-9,12H,2-3,10-11H2,1H3,(H,22,23,24). The molecule has 3 aromatic rings. The van der Waals surface area contributed by atoms with Crippen molar-refractivity contribution in [1.29, 1.82) is 0 Å². The summed E-state index contributed by atoms with van der Waals surface area (Å²) in [6, 6.07) is 11.3. The highest BCUT2D eigenvalue weighted by Crippen LogP contribution is 2.30. The fourth-order valence-corrected chi connectivity index (χ4v) is 3.36. The number of amides is 1. The Kier molecular flexibility index (Phi) is 4.47. The average molecular weight is 367 g/mol. The molecule has 3 heterocycles. The zero-order valence-corrected chi connectivity index (χ0v) is 15.3. The average Bonchev–Trinajstić information content (AvgIpc) is 3.18. The van der Waals surface area contributed by atoms with Crippen molar-refractivity contribution in [2.45, 2.75) is 19.8 Å². The summed E-state index contributed by atoms with van der Waals surface area (Å²) in [6.45, 7) is 3.52. The summed E-state index contributed by atoms with van der Waals surface area (Å²) >= 11 is 5.99. The van der Waals surface area contributed by atoms with E-state index in [0.29, 0.717) is 16.2 Å². The minimum atomic E-state index is 0.00828. The number of nitrogens with one attached hydrogen (secondary N) is 1. The highest BCUT2D eigenvalue weighted by atomic mass is 35.5. The Hall–Kier alpha value is -2.66. The number of hydrogen-bond donors (Lipinski definition) is 1. The van der Waals surface area contributed by atoms with Gasteiger partial charge in [-0.2, -0.15) is 0 Å². The van der Waals surface area contributed by atoms with Gasteiger partial charge < -0.3 is 10.2 Å². The fourth-order valence-electron chi connectivity index (χ4n) is 3.24. The quantitative estimate of drug-likeness (QED) is 0.737. The minimum absolute atomic E-state index is 0.00828. The lowest BCUT2D eigenvalue weighted by molar-refractivity contribution is 0.0793. The number of nitrogens with zero attached hydrogens (tertiary/aromatic N) is 3. The Bertz CT molecular complexity index is 965. The first kappa shape index (κ1) is 16.8. The van der Waals surface area contributed by atoms with Gasteiger partial charge in [0, 0.05) is 41.1 Å². The van der Waals surface area contributed by atoms with E-state index in [-0.39, 0.29) is 5.91 Å². The van der Waals surface area contributed by atoms with E-state index in [4.69, 9.17) is 11.6 Å². The SMILES string of the molecule is Cc1ccc2c(Nc3ccc(Cl)cc3)c(C(=O)N3CCCC3)cnc2n1. The van der Waals surface area contributed by atoms with Gasteiger partial charge in [-0.05, 0) is 56.2 Å². The molecular formula is C20H19ClN4O. The van der Waals surface area contributed by atoms with Crippen LogP contribution in [0.15, 0.2) is 42.6 Å². The fraction of sp³-hybridized carbons (Fsp3) is 0.250. The molecule has 4 rings (SSSR count). The van der Waals surface area contributed by atoms with Crippen molar-refractivity contribution >= 4 is 39.9 Å². The molecular weight excluding hydrogens is 348 g/mol. The molecule has 0 saturated carbocycles. The van der Waals surface area contributed by atoms with Gasteiger partial charge in [0.1, 0.15) is 0 Å². The maximum atomic E-state index is 13.0. The molecule has 1 aliphatic rings. The number of anilines is 2. The van der Waals surface area contributed by atoms with Crippen LogP contribution in [0.25, 0.3) is 11.0 Å². The maximum Gasteiger partial charge on any atom is 0.257 e. The predicted molar refractivity (Wildman–Crippen MR) is 104 cm³/mol. The first-order valence-corrected chi connectivity index (χ1v) is 9.08. The summed E-state index contributed by atoms with van der Waals surface area (Å²) in [5.74, 6) is 0.00828. The highest BCUT2D eigenvalue weighted by Gasteiger charge is 2.24. The lowest BCUT2D eigenvalue weighted by Crippen LogP contribution is -2.28. The van der Waals surface area contributed by atoms with Crippen LogP contribution in [-0.2, 0) is 0 Å². The zero-order chi connectivity index (χ0) is 18.1. The number of halogens is 1. The van der Waals surface area contributed by atoms with Crippen LogP contribution in [0.5, 0.6) is 0 Å². The van der Waals surface area contributed by atoms with E-state index < -0.39 is 0 Å². The summed E-state index contributed by atoms with van der Waals surface area (Å²) < 4.78 is 0. The lowest BCUT2D eigenvalue weighted by Gasteiger charge is -2.19.